The van der Waals surface area contributed by atoms with Crippen molar-refractivity contribution >= 4 is 5.97 Å². The van der Waals surface area contributed by atoms with Crippen LogP contribution in [0.2, 0.25) is 0 Å². The standard InChI is InChI=1S/C21H39NO4/c1-7-18-21(5,24)19-16(4)22(6)10-8-9-14(2)11-17(13-25-19)12-15(3)20(23)26-18/h14-19,24H,7-13H2,1-6H3/t14-,15-,16-,17-,18-,19-,21-/m1/s1. The van der Waals surface area contributed by atoms with Crippen molar-refractivity contribution in [2.24, 2.45) is 17.8 Å². The molecule has 2 fully saturated rings. The van der Waals surface area contributed by atoms with Gasteiger partial charge in [0, 0.05) is 6.04 Å². The summed E-state index contributed by atoms with van der Waals surface area (Å²) in [4.78, 5) is 14.9. The fraction of sp³-hybridized carbons (Fsp3) is 0.952. The maximum Gasteiger partial charge on any atom is 0.309 e. The molecule has 0 aliphatic carbocycles. The Morgan fingerprint density at radius 1 is 1.27 bits per heavy atom. The zero-order chi connectivity index (χ0) is 19.5. The topological polar surface area (TPSA) is 59.0 Å². The van der Waals surface area contributed by atoms with E-state index in [1.165, 1.54) is 6.42 Å². The second-order valence-corrected chi connectivity index (χ2v) is 9.02. The average molecular weight is 370 g/mol. The molecule has 0 radical (unpaired) electrons. The lowest BCUT2D eigenvalue weighted by molar-refractivity contribution is -0.205. The van der Waals surface area contributed by atoms with E-state index < -0.39 is 17.8 Å². The van der Waals surface area contributed by atoms with Gasteiger partial charge in [-0.25, -0.2) is 0 Å². The first kappa shape index (κ1) is 21.6. The van der Waals surface area contributed by atoms with Crippen molar-refractivity contribution in [3.63, 3.8) is 0 Å². The fourth-order valence-corrected chi connectivity index (χ4v) is 4.73. The molecule has 2 aliphatic heterocycles. The number of carbonyl (C=O) groups excluding carboxylic acids is 1. The van der Waals surface area contributed by atoms with Crippen molar-refractivity contribution in [3.8, 4) is 0 Å². The lowest BCUT2D eigenvalue weighted by Crippen LogP contribution is -2.60. The highest BCUT2D eigenvalue weighted by molar-refractivity contribution is 5.72. The lowest BCUT2D eigenvalue weighted by atomic mass is 9.84. The van der Waals surface area contributed by atoms with Crippen molar-refractivity contribution in [1.29, 1.82) is 0 Å². The van der Waals surface area contributed by atoms with Gasteiger partial charge in [-0.1, -0.05) is 20.8 Å². The minimum absolute atomic E-state index is 0.0451. The summed E-state index contributed by atoms with van der Waals surface area (Å²) in [6.45, 7) is 11.6. The molecule has 0 amide bonds. The summed E-state index contributed by atoms with van der Waals surface area (Å²) < 4.78 is 12.2. The van der Waals surface area contributed by atoms with E-state index in [1.54, 1.807) is 6.92 Å². The van der Waals surface area contributed by atoms with Gasteiger partial charge in [-0.15, -0.1) is 0 Å². The smallest absolute Gasteiger partial charge is 0.309 e. The number of carbonyl (C=O) groups is 1. The molecule has 5 nitrogen and oxygen atoms in total. The summed E-state index contributed by atoms with van der Waals surface area (Å²) in [5.74, 6) is 0.576. The molecule has 2 aliphatic rings. The number of aliphatic hydroxyl groups is 1. The van der Waals surface area contributed by atoms with Crippen LogP contribution in [0.1, 0.15) is 66.7 Å². The molecule has 26 heavy (non-hydrogen) atoms. The van der Waals surface area contributed by atoms with Crippen LogP contribution in [0.5, 0.6) is 0 Å². The van der Waals surface area contributed by atoms with Gasteiger partial charge in [-0.3, -0.25) is 4.79 Å². The molecule has 0 saturated carbocycles. The molecular weight excluding hydrogens is 330 g/mol. The zero-order valence-corrected chi connectivity index (χ0v) is 17.5. The molecule has 2 bridgehead atoms. The van der Waals surface area contributed by atoms with E-state index in [2.05, 4.69) is 25.8 Å². The summed E-state index contributed by atoms with van der Waals surface area (Å²) in [6, 6.07) is 0.0451. The van der Waals surface area contributed by atoms with Crippen molar-refractivity contribution in [3.05, 3.63) is 0 Å². The molecule has 2 heterocycles. The molecule has 5 heteroatoms. The Balaban J connectivity index is 2.39. The first-order chi connectivity index (χ1) is 12.2. The van der Waals surface area contributed by atoms with Gasteiger partial charge in [-0.05, 0) is 71.4 Å². The largest absolute Gasteiger partial charge is 0.459 e. The Hall–Kier alpha value is -0.650. The number of cyclic esters (lactones) is 1. The second-order valence-electron chi connectivity index (χ2n) is 9.02. The van der Waals surface area contributed by atoms with Crippen LogP contribution in [0.15, 0.2) is 0 Å². The van der Waals surface area contributed by atoms with Crippen molar-refractivity contribution in [1.82, 2.24) is 4.90 Å². The van der Waals surface area contributed by atoms with Crippen LogP contribution in [0.25, 0.3) is 0 Å². The quantitative estimate of drug-likeness (QED) is 0.719. The zero-order valence-electron chi connectivity index (χ0n) is 17.5. The van der Waals surface area contributed by atoms with E-state index in [9.17, 15) is 9.90 Å². The van der Waals surface area contributed by atoms with E-state index in [-0.39, 0.29) is 17.9 Å². The van der Waals surface area contributed by atoms with Crippen LogP contribution < -0.4 is 0 Å². The molecule has 0 aromatic heterocycles. The fourth-order valence-electron chi connectivity index (χ4n) is 4.73. The van der Waals surface area contributed by atoms with Crippen molar-refractivity contribution < 1.29 is 19.4 Å². The summed E-state index contributed by atoms with van der Waals surface area (Å²) >= 11 is 0. The van der Waals surface area contributed by atoms with Crippen LogP contribution >= 0.6 is 0 Å². The molecular formula is C21H39NO4. The Morgan fingerprint density at radius 3 is 2.62 bits per heavy atom. The Kier molecular flexibility index (Phi) is 7.52. The van der Waals surface area contributed by atoms with Crippen molar-refractivity contribution in [2.75, 3.05) is 20.2 Å². The molecule has 152 valence electrons. The number of hydrogen-bond donors (Lipinski definition) is 1. The lowest BCUT2D eigenvalue weighted by Gasteiger charge is -2.44. The van der Waals surface area contributed by atoms with Gasteiger partial charge in [-0.2, -0.15) is 0 Å². The van der Waals surface area contributed by atoms with E-state index in [4.69, 9.17) is 9.47 Å². The van der Waals surface area contributed by atoms with Gasteiger partial charge in [0.05, 0.1) is 12.5 Å². The molecule has 2 saturated heterocycles. The van der Waals surface area contributed by atoms with Crippen LogP contribution in [-0.4, -0.2) is 60.0 Å². The Labute approximate surface area is 159 Å². The molecule has 0 spiro atoms. The summed E-state index contributed by atoms with van der Waals surface area (Å²) in [7, 11) is 2.10. The van der Waals surface area contributed by atoms with Gasteiger partial charge in [0.2, 0.25) is 0 Å². The number of rotatable bonds is 1. The third-order valence-corrected chi connectivity index (χ3v) is 6.53. The normalized spacial score (nSPS) is 44.2. The third-order valence-electron chi connectivity index (χ3n) is 6.53. The van der Waals surface area contributed by atoms with Crippen LogP contribution in [0.3, 0.4) is 0 Å². The van der Waals surface area contributed by atoms with E-state index in [0.717, 1.165) is 25.8 Å². The number of hydrogen-bond acceptors (Lipinski definition) is 5. The molecule has 0 unspecified atom stereocenters. The maximum atomic E-state index is 12.6. The van der Waals surface area contributed by atoms with Crippen LogP contribution in [0, 0.1) is 17.8 Å². The predicted molar refractivity (Wildman–Crippen MR) is 103 cm³/mol. The highest BCUT2D eigenvalue weighted by Crippen LogP contribution is 2.33. The number of ether oxygens (including phenoxy) is 2. The van der Waals surface area contributed by atoms with Crippen molar-refractivity contribution in [2.45, 2.75) is 90.6 Å². The van der Waals surface area contributed by atoms with Gasteiger partial charge < -0.3 is 19.5 Å². The highest BCUT2D eigenvalue weighted by atomic mass is 16.6. The summed E-state index contributed by atoms with van der Waals surface area (Å²) in [5.41, 5.74) is -1.22. The molecule has 1 N–H and O–H groups in total. The highest BCUT2D eigenvalue weighted by Gasteiger charge is 2.47. The molecule has 0 aromatic rings. The summed E-state index contributed by atoms with van der Waals surface area (Å²) in [5, 5.41) is 11.4. The first-order valence-electron chi connectivity index (χ1n) is 10.4. The predicted octanol–water partition coefficient (Wildman–Crippen LogP) is 3.24. The first-order valence-corrected chi connectivity index (χ1v) is 10.4. The Bertz CT molecular complexity index is 467. The molecule has 7 atom stereocenters. The summed E-state index contributed by atoms with van der Waals surface area (Å²) in [6.07, 6.45) is 3.80. The van der Waals surface area contributed by atoms with E-state index >= 15 is 0 Å². The van der Waals surface area contributed by atoms with Gasteiger partial charge in [0.25, 0.3) is 0 Å². The Morgan fingerprint density at radius 2 is 1.96 bits per heavy atom. The monoisotopic (exact) mass is 369 g/mol. The second kappa shape index (κ2) is 9.03. The number of nitrogens with zero attached hydrogens (tertiary/aromatic N) is 1. The number of likely N-dealkylation sites (N-methyl/N-ethyl adjacent to an activating group) is 1. The average Bonchev–Trinajstić information content (AvgIpc) is 2.59. The number of fused-ring (bicyclic) bond motifs is 3. The van der Waals surface area contributed by atoms with E-state index in [1.807, 2.05) is 13.8 Å². The van der Waals surface area contributed by atoms with Gasteiger partial charge in [0.1, 0.15) is 17.8 Å². The van der Waals surface area contributed by atoms with Crippen LogP contribution in [0.4, 0.5) is 0 Å². The maximum absolute atomic E-state index is 12.6. The molecule has 2 rings (SSSR count). The van der Waals surface area contributed by atoms with Gasteiger partial charge in [0.15, 0.2) is 0 Å². The van der Waals surface area contributed by atoms with E-state index in [0.29, 0.717) is 24.9 Å². The van der Waals surface area contributed by atoms with Gasteiger partial charge >= 0.3 is 5.97 Å². The SMILES string of the molecule is CC[C@H]1OC(=O)[C@H](C)C[C@@H]2CO[C@H]([C@@H](C)N(C)CCC[C@@H](C)C2)[C@]1(C)O. The van der Waals surface area contributed by atoms with Crippen LogP contribution in [-0.2, 0) is 14.3 Å². The number of esters is 1. The molecule has 0 aromatic carbocycles. The minimum atomic E-state index is -1.22. The minimum Gasteiger partial charge on any atom is -0.459 e. The third kappa shape index (κ3) is 4.99.